The van der Waals surface area contributed by atoms with Crippen molar-refractivity contribution >= 4 is 12.4 Å². The van der Waals surface area contributed by atoms with Gasteiger partial charge >= 0.3 is 6.09 Å². The Kier molecular flexibility index (Phi) is 2.83. The van der Waals surface area contributed by atoms with Gasteiger partial charge in [0.2, 0.25) is 0 Å². The monoisotopic (exact) mass is 199 g/mol. The fraction of sp³-hybridized carbons (Fsp3) is 0.800. The van der Waals surface area contributed by atoms with E-state index in [2.05, 4.69) is 0 Å². The summed E-state index contributed by atoms with van der Waals surface area (Å²) in [5, 5.41) is 0. The van der Waals surface area contributed by atoms with Crippen molar-refractivity contribution in [3.63, 3.8) is 0 Å². The van der Waals surface area contributed by atoms with Crippen LogP contribution in [0.15, 0.2) is 0 Å². The zero-order chi connectivity index (χ0) is 10.9. The van der Waals surface area contributed by atoms with E-state index < -0.39 is 5.60 Å². The smallest absolute Gasteiger partial charge is 0.411 e. The Bertz CT molecular complexity index is 244. The van der Waals surface area contributed by atoms with Crippen molar-refractivity contribution in [1.82, 2.24) is 4.90 Å². The van der Waals surface area contributed by atoms with Crippen molar-refractivity contribution in [3.8, 4) is 0 Å². The van der Waals surface area contributed by atoms with Crippen LogP contribution in [0.5, 0.6) is 0 Å². The highest BCUT2D eigenvalue weighted by atomic mass is 16.6. The molecule has 2 atom stereocenters. The van der Waals surface area contributed by atoms with Crippen molar-refractivity contribution in [2.24, 2.45) is 0 Å². The van der Waals surface area contributed by atoms with Gasteiger partial charge in [-0.15, -0.1) is 0 Å². The third kappa shape index (κ3) is 2.25. The third-order valence-electron chi connectivity index (χ3n) is 2.15. The van der Waals surface area contributed by atoms with E-state index >= 15 is 0 Å². The second-order valence-corrected chi connectivity index (χ2v) is 4.49. The molecular weight excluding hydrogens is 182 g/mol. The van der Waals surface area contributed by atoms with E-state index in [1.54, 1.807) is 0 Å². The molecule has 1 fully saturated rings. The quantitative estimate of drug-likeness (QED) is 0.501. The lowest BCUT2D eigenvalue weighted by Gasteiger charge is -2.19. The van der Waals surface area contributed by atoms with Gasteiger partial charge in [0.05, 0.1) is 6.04 Å². The lowest BCUT2D eigenvalue weighted by atomic mass is 10.2. The van der Waals surface area contributed by atoms with Crippen molar-refractivity contribution < 1.29 is 14.3 Å². The maximum Gasteiger partial charge on any atom is 0.411 e. The van der Waals surface area contributed by atoms with Crippen LogP contribution < -0.4 is 0 Å². The maximum atomic E-state index is 11.5. The predicted molar refractivity (Wildman–Crippen MR) is 52.0 cm³/mol. The van der Waals surface area contributed by atoms with Crippen molar-refractivity contribution in [2.75, 3.05) is 0 Å². The normalized spacial score (nSPS) is 25.9. The molecule has 0 spiro atoms. The Morgan fingerprint density at radius 1 is 1.50 bits per heavy atom. The van der Waals surface area contributed by atoms with Crippen LogP contribution in [0.25, 0.3) is 0 Å². The van der Waals surface area contributed by atoms with Crippen LogP contribution >= 0.6 is 0 Å². The summed E-state index contributed by atoms with van der Waals surface area (Å²) in [6.07, 6.45) is 1.21. The molecule has 1 saturated heterocycles. The molecule has 4 nitrogen and oxygen atoms in total. The minimum atomic E-state index is -0.495. The number of hydrogen-bond acceptors (Lipinski definition) is 3. The average Bonchev–Trinajstić information content (AvgIpc) is 2.73. The van der Waals surface area contributed by atoms with Gasteiger partial charge in [-0.25, -0.2) is 4.79 Å². The second kappa shape index (κ2) is 3.59. The van der Waals surface area contributed by atoms with Gasteiger partial charge in [-0.2, -0.15) is 0 Å². The maximum absolute atomic E-state index is 11.5. The van der Waals surface area contributed by atoms with E-state index in [4.69, 9.17) is 4.74 Å². The lowest BCUT2D eigenvalue weighted by Crippen LogP contribution is -2.28. The van der Waals surface area contributed by atoms with Crippen molar-refractivity contribution in [2.45, 2.75) is 51.8 Å². The number of aldehydes is 1. The summed E-state index contributed by atoms with van der Waals surface area (Å²) in [6.45, 7) is 7.38. The summed E-state index contributed by atoms with van der Waals surface area (Å²) in [5.41, 5.74) is -0.495. The average molecular weight is 199 g/mol. The molecule has 0 aromatic carbocycles. The number of carbonyl (C=O) groups is 2. The highest BCUT2D eigenvalue weighted by Gasteiger charge is 2.51. The molecule has 1 aliphatic rings. The van der Waals surface area contributed by atoms with E-state index in [9.17, 15) is 9.59 Å². The molecule has 0 aliphatic carbocycles. The lowest BCUT2D eigenvalue weighted by molar-refractivity contribution is -0.108. The summed E-state index contributed by atoms with van der Waals surface area (Å²) in [7, 11) is 0. The van der Waals surface area contributed by atoms with E-state index in [0.717, 1.165) is 12.7 Å². The molecule has 14 heavy (non-hydrogen) atoms. The molecule has 4 heteroatoms. The van der Waals surface area contributed by atoms with Crippen LogP contribution in [0, 0.1) is 0 Å². The van der Waals surface area contributed by atoms with Crippen LogP contribution in [-0.4, -0.2) is 35.0 Å². The Hall–Kier alpha value is -1.06. The predicted octanol–water partition coefficient (Wildman–Crippen LogP) is 1.58. The van der Waals surface area contributed by atoms with Crippen LogP contribution in [0.2, 0.25) is 0 Å². The molecule has 0 saturated carbocycles. The van der Waals surface area contributed by atoms with Gasteiger partial charge < -0.3 is 9.53 Å². The van der Waals surface area contributed by atoms with E-state index in [1.165, 1.54) is 4.90 Å². The second-order valence-electron chi connectivity index (χ2n) is 4.49. The first-order valence-corrected chi connectivity index (χ1v) is 4.87. The van der Waals surface area contributed by atoms with Gasteiger partial charge in [0.25, 0.3) is 0 Å². The molecule has 0 N–H and O–H groups in total. The molecule has 80 valence electrons. The molecule has 0 bridgehead atoms. The van der Waals surface area contributed by atoms with Gasteiger partial charge in [-0.05, 0) is 27.2 Å². The largest absolute Gasteiger partial charge is 0.444 e. The molecule has 0 aromatic rings. The summed E-state index contributed by atoms with van der Waals surface area (Å²) >= 11 is 0. The first-order valence-electron chi connectivity index (χ1n) is 4.87. The van der Waals surface area contributed by atoms with Crippen molar-refractivity contribution in [3.05, 3.63) is 0 Å². The number of rotatable bonds is 2. The molecule has 1 heterocycles. The van der Waals surface area contributed by atoms with Crippen LogP contribution in [0.4, 0.5) is 4.79 Å². The van der Waals surface area contributed by atoms with Gasteiger partial charge in [-0.3, -0.25) is 4.90 Å². The SMILES string of the molecule is CC[C@@H]1[C@H](C=O)N1C(=O)OC(C)(C)C. The van der Waals surface area contributed by atoms with E-state index in [1.807, 2.05) is 27.7 Å². The molecule has 0 radical (unpaired) electrons. The Balaban J connectivity index is 2.52. The minimum absolute atomic E-state index is 0.0438. The van der Waals surface area contributed by atoms with Crippen LogP contribution in [0.1, 0.15) is 34.1 Å². The topological polar surface area (TPSA) is 46.4 Å². The molecular formula is C10H17NO3. The summed E-state index contributed by atoms with van der Waals surface area (Å²) < 4.78 is 5.15. The van der Waals surface area contributed by atoms with E-state index in [-0.39, 0.29) is 18.2 Å². The third-order valence-corrected chi connectivity index (χ3v) is 2.15. The number of hydrogen-bond donors (Lipinski definition) is 0. The zero-order valence-corrected chi connectivity index (χ0v) is 9.11. The number of amides is 1. The Morgan fingerprint density at radius 2 is 2.07 bits per heavy atom. The molecule has 0 aromatic heterocycles. The molecule has 0 unspecified atom stereocenters. The summed E-state index contributed by atoms with van der Waals surface area (Å²) in [5.74, 6) is 0. The van der Waals surface area contributed by atoms with Gasteiger partial charge in [0.15, 0.2) is 0 Å². The first-order chi connectivity index (χ1) is 6.40. The zero-order valence-electron chi connectivity index (χ0n) is 9.11. The highest BCUT2D eigenvalue weighted by Crippen LogP contribution is 2.31. The summed E-state index contributed by atoms with van der Waals surface area (Å²) in [6, 6.07) is -0.225. The molecule has 1 rings (SSSR count). The van der Waals surface area contributed by atoms with Crippen LogP contribution in [-0.2, 0) is 9.53 Å². The highest BCUT2D eigenvalue weighted by molar-refractivity contribution is 5.80. The summed E-state index contributed by atoms with van der Waals surface area (Å²) in [4.78, 5) is 23.6. The number of nitrogens with zero attached hydrogens (tertiary/aromatic N) is 1. The van der Waals surface area contributed by atoms with Gasteiger partial charge in [0, 0.05) is 0 Å². The fourth-order valence-corrected chi connectivity index (χ4v) is 1.47. The fourth-order valence-electron chi connectivity index (χ4n) is 1.47. The first kappa shape index (κ1) is 11.0. The standard InChI is InChI=1S/C10H17NO3/c1-5-7-8(6-12)11(7)9(13)14-10(2,3)4/h6-8H,5H2,1-4H3/t7-,8+,11?/m1/s1. The number of ether oxygens (including phenoxy) is 1. The minimum Gasteiger partial charge on any atom is -0.444 e. The molecule has 1 aliphatic heterocycles. The van der Waals surface area contributed by atoms with Crippen molar-refractivity contribution in [1.29, 1.82) is 0 Å². The molecule has 1 amide bonds. The van der Waals surface area contributed by atoms with Crippen LogP contribution in [0.3, 0.4) is 0 Å². The Morgan fingerprint density at radius 3 is 2.36 bits per heavy atom. The Labute approximate surface area is 84.2 Å². The number of carbonyl (C=O) groups excluding carboxylic acids is 2. The van der Waals surface area contributed by atoms with Gasteiger partial charge in [-0.1, -0.05) is 6.92 Å². The van der Waals surface area contributed by atoms with Gasteiger partial charge in [0.1, 0.15) is 17.9 Å². The van der Waals surface area contributed by atoms with E-state index in [0.29, 0.717) is 0 Å².